The molecule has 0 saturated heterocycles. The van der Waals surface area contributed by atoms with E-state index in [-0.39, 0.29) is 17.1 Å². The van der Waals surface area contributed by atoms with Gasteiger partial charge in [-0.15, -0.1) is 0 Å². The van der Waals surface area contributed by atoms with Crippen LogP contribution in [0.2, 0.25) is 0 Å². The van der Waals surface area contributed by atoms with E-state index in [0.717, 1.165) is 6.42 Å². The van der Waals surface area contributed by atoms with Gasteiger partial charge in [0.25, 0.3) is 0 Å². The van der Waals surface area contributed by atoms with Gasteiger partial charge < -0.3 is 6.92 Å². The smallest absolute Gasteiger partial charge is 0.343 e. The van der Waals surface area contributed by atoms with E-state index < -0.39 is 0 Å². The SMILES string of the molecule is C[C]1[C](C)[C](C)[C](C)[C]1C.[C-]#[O+].[C-]#[O+].[CH2-]CCCI.[Fe+2]. The molecule has 20 heavy (non-hydrogen) atoms. The van der Waals surface area contributed by atoms with E-state index in [4.69, 9.17) is 9.30 Å². The Morgan fingerprint density at radius 1 is 0.800 bits per heavy atom. The van der Waals surface area contributed by atoms with Gasteiger partial charge in [-0.05, 0) is 34.0 Å². The summed E-state index contributed by atoms with van der Waals surface area (Å²) in [6.45, 7) is 23.7. The fraction of sp³-hybridized carbons (Fsp3) is 0.500. The molecule has 0 aliphatic heterocycles. The molecule has 2 nitrogen and oxygen atoms in total. The quantitative estimate of drug-likeness (QED) is 0.196. The molecule has 0 aromatic heterocycles. The zero-order valence-electron chi connectivity index (χ0n) is 12.9. The summed E-state index contributed by atoms with van der Waals surface area (Å²) >= 11 is 2.35. The summed E-state index contributed by atoms with van der Waals surface area (Å²) in [6.07, 6.45) is 2.35. The number of hydrogen-bond donors (Lipinski definition) is 0. The minimum Gasteiger partial charge on any atom is -0.343 e. The van der Waals surface area contributed by atoms with Gasteiger partial charge in [-0.3, -0.25) is 0 Å². The van der Waals surface area contributed by atoms with E-state index in [1.54, 1.807) is 0 Å². The van der Waals surface area contributed by atoms with Crippen molar-refractivity contribution in [2.45, 2.75) is 47.5 Å². The second kappa shape index (κ2) is 19.7. The molecule has 0 aromatic carbocycles. The van der Waals surface area contributed by atoms with E-state index in [1.807, 2.05) is 0 Å². The normalized spacial score (nSPS) is 16.6. The van der Waals surface area contributed by atoms with Crippen LogP contribution in [0.15, 0.2) is 0 Å². The molecule has 0 amide bonds. The van der Waals surface area contributed by atoms with Crippen LogP contribution in [0.25, 0.3) is 0 Å². The Bertz CT molecular complexity index is 178. The Morgan fingerprint density at radius 3 is 1.05 bits per heavy atom. The maximum absolute atomic E-state index is 7.50. The van der Waals surface area contributed by atoms with Crippen molar-refractivity contribution in [2.75, 3.05) is 4.43 Å². The van der Waals surface area contributed by atoms with Crippen molar-refractivity contribution in [2.24, 2.45) is 0 Å². The predicted molar refractivity (Wildman–Crippen MR) is 85.9 cm³/mol. The standard InChI is InChI=1S/C10H15.C4H8I.2CO.Fe/c1-6-7(2)9(4)10(5)8(6)3;1-2-3-4-5;2*1-2;/h1-5H3;1-4H2;;;/q;-1;;;+2. The van der Waals surface area contributed by atoms with Gasteiger partial charge in [0.1, 0.15) is 0 Å². The molecule has 4 heteroatoms. The van der Waals surface area contributed by atoms with Crippen LogP contribution in [0, 0.1) is 49.8 Å². The van der Waals surface area contributed by atoms with Crippen molar-refractivity contribution in [3.05, 3.63) is 49.8 Å². The first-order valence-corrected chi connectivity index (χ1v) is 7.45. The second-order valence-corrected chi connectivity index (χ2v) is 5.10. The molecule has 0 bridgehead atoms. The van der Waals surface area contributed by atoms with E-state index in [0.29, 0.717) is 0 Å². The summed E-state index contributed by atoms with van der Waals surface area (Å²) in [5, 5.41) is 0. The average molecular weight is 430 g/mol. The van der Waals surface area contributed by atoms with Crippen LogP contribution in [-0.4, -0.2) is 4.43 Å². The fourth-order valence-corrected chi connectivity index (χ4v) is 2.04. The Kier molecular flexibility index (Phi) is 28.4. The molecule has 0 heterocycles. The van der Waals surface area contributed by atoms with E-state index in [1.165, 1.54) is 40.4 Å². The number of unbranched alkanes of at least 4 members (excludes halogenated alkanes) is 1. The summed E-state index contributed by atoms with van der Waals surface area (Å²) in [5.41, 5.74) is 0. The molecule has 0 unspecified atom stereocenters. The third-order valence-corrected chi connectivity index (χ3v) is 3.96. The maximum atomic E-state index is 7.50. The van der Waals surface area contributed by atoms with Crippen molar-refractivity contribution >= 4 is 22.6 Å². The van der Waals surface area contributed by atoms with Crippen LogP contribution < -0.4 is 0 Å². The van der Waals surface area contributed by atoms with Gasteiger partial charge >= 0.3 is 39.7 Å². The first-order chi connectivity index (χ1) is 8.97. The van der Waals surface area contributed by atoms with Crippen molar-refractivity contribution < 1.29 is 26.4 Å². The summed E-state index contributed by atoms with van der Waals surface area (Å²) < 4.78 is 16.3. The molecule has 113 valence electrons. The zero-order valence-corrected chi connectivity index (χ0v) is 16.1. The molecule has 5 radical (unpaired) electrons. The van der Waals surface area contributed by atoms with Crippen LogP contribution in [0.4, 0.5) is 0 Å². The molecule has 1 aliphatic carbocycles. The summed E-state index contributed by atoms with van der Waals surface area (Å²) in [4.78, 5) is 0. The van der Waals surface area contributed by atoms with E-state index in [2.05, 4.69) is 77.4 Å². The minimum absolute atomic E-state index is 0. The van der Waals surface area contributed by atoms with Gasteiger partial charge in [0, 0.05) is 0 Å². The second-order valence-electron chi connectivity index (χ2n) is 4.02. The van der Waals surface area contributed by atoms with Gasteiger partial charge in [0.2, 0.25) is 0 Å². The van der Waals surface area contributed by atoms with Crippen molar-refractivity contribution in [1.82, 2.24) is 0 Å². The molecule has 1 fully saturated rings. The van der Waals surface area contributed by atoms with Gasteiger partial charge in [-0.2, -0.15) is 6.42 Å². The van der Waals surface area contributed by atoms with Gasteiger partial charge in [-0.1, -0.05) is 63.6 Å². The predicted octanol–water partition coefficient (Wildman–Crippen LogP) is 4.93. The molecule has 0 N–H and O–H groups in total. The molecule has 1 saturated carbocycles. The van der Waals surface area contributed by atoms with Crippen molar-refractivity contribution in [3.63, 3.8) is 0 Å². The minimum atomic E-state index is 0. The number of halogens is 1. The summed E-state index contributed by atoms with van der Waals surface area (Å²) in [7, 11) is 0. The molecular formula is C16H23FeIO2+. The van der Waals surface area contributed by atoms with Crippen molar-refractivity contribution in [3.8, 4) is 0 Å². The summed E-state index contributed by atoms with van der Waals surface area (Å²) in [6, 6.07) is 0. The molecule has 1 rings (SSSR count). The molecule has 0 aromatic rings. The first-order valence-electron chi connectivity index (χ1n) is 5.93. The number of rotatable bonds is 2. The topological polar surface area (TPSA) is 39.8 Å². The van der Waals surface area contributed by atoms with E-state index >= 15 is 0 Å². The molecule has 0 atom stereocenters. The first kappa shape index (κ1) is 28.8. The Hall–Kier alpha value is 0.729. The summed E-state index contributed by atoms with van der Waals surface area (Å²) in [5.74, 6) is 7.34. The Labute approximate surface area is 150 Å². The Morgan fingerprint density at radius 2 is 1.00 bits per heavy atom. The van der Waals surface area contributed by atoms with Crippen molar-refractivity contribution in [1.29, 1.82) is 0 Å². The molecule has 1 aliphatic rings. The van der Waals surface area contributed by atoms with Crippen LogP contribution in [0.1, 0.15) is 47.5 Å². The largest absolute Gasteiger partial charge is 2.00 e. The maximum Gasteiger partial charge on any atom is 2.00 e. The average Bonchev–Trinajstić information content (AvgIpc) is 2.63. The van der Waals surface area contributed by atoms with Gasteiger partial charge in [-0.25, -0.2) is 0 Å². The van der Waals surface area contributed by atoms with Crippen LogP contribution in [0.3, 0.4) is 0 Å². The molecule has 0 spiro atoms. The van der Waals surface area contributed by atoms with Crippen LogP contribution in [0.5, 0.6) is 0 Å². The molecular weight excluding hydrogens is 407 g/mol. The van der Waals surface area contributed by atoms with Crippen LogP contribution >= 0.6 is 22.6 Å². The number of hydrogen-bond acceptors (Lipinski definition) is 0. The fourth-order valence-electron chi connectivity index (χ4n) is 1.50. The Balaban J connectivity index is -0.000000110. The monoisotopic (exact) mass is 430 g/mol. The van der Waals surface area contributed by atoms with Gasteiger partial charge in [0.05, 0.1) is 0 Å². The zero-order chi connectivity index (χ0) is 16.0. The number of alkyl halides is 1. The third kappa shape index (κ3) is 11.4. The van der Waals surface area contributed by atoms with Gasteiger partial charge in [0.15, 0.2) is 0 Å². The van der Waals surface area contributed by atoms with E-state index in [9.17, 15) is 0 Å². The third-order valence-electron chi connectivity index (χ3n) is 3.20. The van der Waals surface area contributed by atoms with Crippen LogP contribution in [-0.2, 0) is 26.4 Å².